The third-order valence-electron chi connectivity index (χ3n) is 4.69. The van der Waals surface area contributed by atoms with E-state index in [0.717, 1.165) is 26.6 Å². The molecular weight excluding hydrogens is 432 g/mol. The maximum Gasteiger partial charge on any atom is 0.251 e. The molecule has 0 atom stereocenters. The average molecular weight is 455 g/mol. The standard InChI is InChI=1S/C23H23BrN2O3/c1-26(15-16-3-4-19-14-21(29-2)10-7-18(19)13-16)22(27)11-12-25-23(28)17-5-8-20(24)9-6-17/h3-10,13-14H,11-12,15H2,1-2H3,(H,25,28). The second kappa shape index (κ2) is 9.56. The summed E-state index contributed by atoms with van der Waals surface area (Å²) in [5, 5.41) is 4.99. The number of ether oxygens (including phenoxy) is 1. The Balaban J connectivity index is 1.51. The first kappa shape index (κ1) is 20.9. The smallest absolute Gasteiger partial charge is 0.251 e. The summed E-state index contributed by atoms with van der Waals surface area (Å²) in [6.45, 7) is 0.817. The number of amides is 2. The van der Waals surface area contributed by atoms with Crippen LogP contribution in [-0.4, -0.2) is 37.4 Å². The van der Waals surface area contributed by atoms with Gasteiger partial charge in [-0.25, -0.2) is 0 Å². The average Bonchev–Trinajstić information content (AvgIpc) is 2.73. The van der Waals surface area contributed by atoms with Crippen LogP contribution in [0.1, 0.15) is 22.3 Å². The molecule has 5 nitrogen and oxygen atoms in total. The number of hydrogen-bond donors (Lipinski definition) is 1. The van der Waals surface area contributed by atoms with Crippen LogP contribution in [0.3, 0.4) is 0 Å². The van der Waals surface area contributed by atoms with Crippen molar-refractivity contribution in [3.63, 3.8) is 0 Å². The molecule has 0 radical (unpaired) electrons. The molecule has 0 aliphatic carbocycles. The zero-order chi connectivity index (χ0) is 20.8. The summed E-state index contributed by atoms with van der Waals surface area (Å²) < 4.78 is 6.17. The molecule has 0 aromatic heterocycles. The Bertz CT molecular complexity index is 1020. The molecule has 0 heterocycles. The summed E-state index contributed by atoms with van der Waals surface area (Å²) in [5.41, 5.74) is 1.62. The van der Waals surface area contributed by atoms with Crippen molar-refractivity contribution in [3.8, 4) is 5.75 Å². The van der Waals surface area contributed by atoms with Crippen LogP contribution >= 0.6 is 15.9 Å². The van der Waals surface area contributed by atoms with Gasteiger partial charge in [0.15, 0.2) is 0 Å². The van der Waals surface area contributed by atoms with Crippen molar-refractivity contribution in [3.05, 3.63) is 76.3 Å². The Morgan fingerprint density at radius 2 is 1.69 bits per heavy atom. The van der Waals surface area contributed by atoms with Crippen LogP contribution in [-0.2, 0) is 11.3 Å². The number of nitrogens with one attached hydrogen (secondary N) is 1. The molecule has 0 spiro atoms. The first-order valence-corrected chi connectivity index (χ1v) is 10.1. The molecule has 3 aromatic rings. The topological polar surface area (TPSA) is 58.6 Å². The van der Waals surface area contributed by atoms with E-state index in [9.17, 15) is 9.59 Å². The lowest BCUT2D eigenvalue weighted by atomic mass is 10.1. The third-order valence-corrected chi connectivity index (χ3v) is 5.22. The predicted molar refractivity (Wildman–Crippen MR) is 118 cm³/mol. The van der Waals surface area contributed by atoms with Crippen LogP contribution in [0.15, 0.2) is 65.1 Å². The lowest BCUT2D eigenvalue weighted by Crippen LogP contribution is -2.31. The number of nitrogens with zero attached hydrogens (tertiary/aromatic N) is 1. The second-order valence-corrected chi connectivity index (χ2v) is 7.73. The van der Waals surface area contributed by atoms with Gasteiger partial charge in [-0.2, -0.15) is 0 Å². The first-order valence-electron chi connectivity index (χ1n) is 9.30. The maximum atomic E-state index is 12.4. The minimum absolute atomic E-state index is 0.0177. The van der Waals surface area contributed by atoms with E-state index in [4.69, 9.17) is 4.74 Å². The van der Waals surface area contributed by atoms with Gasteiger partial charge in [0, 0.05) is 36.6 Å². The van der Waals surface area contributed by atoms with E-state index in [1.165, 1.54) is 0 Å². The second-order valence-electron chi connectivity index (χ2n) is 6.81. The van der Waals surface area contributed by atoms with Gasteiger partial charge in [-0.3, -0.25) is 9.59 Å². The van der Waals surface area contributed by atoms with Gasteiger partial charge in [-0.1, -0.05) is 34.1 Å². The van der Waals surface area contributed by atoms with Crippen molar-refractivity contribution in [2.45, 2.75) is 13.0 Å². The lowest BCUT2D eigenvalue weighted by Gasteiger charge is -2.18. The van der Waals surface area contributed by atoms with Crippen LogP contribution in [0.4, 0.5) is 0 Å². The van der Waals surface area contributed by atoms with Crippen molar-refractivity contribution in [1.29, 1.82) is 0 Å². The summed E-state index contributed by atoms with van der Waals surface area (Å²) >= 11 is 3.34. The number of methoxy groups -OCH3 is 1. The summed E-state index contributed by atoms with van der Waals surface area (Å²) in [6, 6.07) is 19.2. The molecule has 0 saturated heterocycles. The fourth-order valence-corrected chi connectivity index (χ4v) is 3.30. The van der Waals surface area contributed by atoms with Gasteiger partial charge < -0.3 is 15.0 Å². The van der Waals surface area contributed by atoms with Crippen molar-refractivity contribution < 1.29 is 14.3 Å². The molecule has 6 heteroatoms. The minimum Gasteiger partial charge on any atom is -0.497 e. The summed E-state index contributed by atoms with van der Waals surface area (Å²) in [4.78, 5) is 26.2. The van der Waals surface area contributed by atoms with Crippen molar-refractivity contribution in [1.82, 2.24) is 10.2 Å². The van der Waals surface area contributed by atoms with Crippen molar-refractivity contribution >= 4 is 38.5 Å². The molecule has 0 bridgehead atoms. The Labute approximate surface area is 178 Å². The van der Waals surface area contributed by atoms with Crippen LogP contribution in [0.25, 0.3) is 10.8 Å². The quantitative estimate of drug-likeness (QED) is 0.575. The number of carbonyl (C=O) groups excluding carboxylic acids is 2. The van der Waals surface area contributed by atoms with E-state index in [2.05, 4.69) is 27.3 Å². The van der Waals surface area contributed by atoms with E-state index in [1.807, 2.05) is 42.5 Å². The molecule has 3 aromatic carbocycles. The fraction of sp³-hybridized carbons (Fsp3) is 0.217. The highest BCUT2D eigenvalue weighted by molar-refractivity contribution is 9.10. The van der Waals surface area contributed by atoms with Gasteiger partial charge in [0.05, 0.1) is 7.11 Å². The van der Waals surface area contributed by atoms with Crippen molar-refractivity contribution in [2.24, 2.45) is 0 Å². The number of benzene rings is 3. The Hall–Kier alpha value is -2.86. The maximum absolute atomic E-state index is 12.4. The van der Waals surface area contributed by atoms with E-state index in [0.29, 0.717) is 18.7 Å². The van der Waals surface area contributed by atoms with Crippen LogP contribution in [0.2, 0.25) is 0 Å². The molecule has 1 N–H and O–H groups in total. The number of carbonyl (C=O) groups is 2. The van der Waals surface area contributed by atoms with Gasteiger partial charge in [0.1, 0.15) is 5.75 Å². The number of rotatable bonds is 7. The lowest BCUT2D eigenvalue weighted by molar-refractivity contribution is -0.130. The highest BCUT2D eigenvalue weighted by atomic mass is 79.9. The minimum atomic E-state index is -0.182. The molecule has 0 unspecified atom stereocenters. The molecule has 0 aliphatic rings. The largest absolute Gasteiger partial charge is 0.497 e. The van der Waals surface area contributed by atoms with Gasteiger partial charge >= 0.3 is 0 Å². The molecule has 29 heavy (non-hydrogen) atoms. The molecule has 0 saturated carbocycles. The van der Waals surface area contributed by atoms with Crippen LogP contribution in [0.5, 0.6) is 5.75 Å². The van der Waals surface area contributed by atoms with Crippen LogP contribution in [0, 0.1) is 0 Å². The zero-order valence-corrected chi connectivity index (χ0v) is 18.0. The Morgan fingerprint density at radius 3 is 2.41 bits per heavy atom. The molecular formula is C23H23BrN2O3. The van der Waals surface area contributed by atoms with E-state index >= 15 is 0 Å². The summed E-state index contributed by atoms with van der Waals surface area (Å²) in [6.07, 6.45) is 0.254. The van der Waals surface area contributed by atoms with Crippen molar-refractivity contribution in [2.75, 3.05) is 20.7 Å². The Morgan fingerprint density at radius 1 is 1.00 bits per heavy atom. The third kappa shape index (κ3) is 5.57. The first-order chi connectivity index (χ1) is 14.0. The predicted octanol–water partition coefficient (Wildman–Crippen LogP) is 4.39. The van der Waals surface area contributed by atoms with Gasteiger partial charge in [0.25, 0.3) is 5.91 Å². The molecule has 0 aliphatic heterocycles. The zero-order valence-electron chi connectivity index (χ0n) is 16.4. The van der Waals surface area contributed by atoms with Gasteiger partial charge in [0.2, 0.25) is 5.91 Å². The highest BCUT2D eigenvalue weighted by Crippen LogP contribution is 2.22. The molecule has 2 amide bonds. The van der Waals surface area contributed by atoms with Crippen LogP contribution < -0.4 is 10.1 Å². The monoisotopic (exact) mass is 454 g/mol. The van der Waals surface area contributed by atoms with Gasteiger partial charge in [-0.15, -0.1) is 0 Å². The Kier molecular flexibility index (Phi) is 6.88. The molecule has 0 fully saturated rings. The van der Waals surface area contributed by atoms with E-state index < -0.39 is 0 Å². The number of halogens is 1. The number of fused-ring (bicyclic) bond motifs is 1. The fourth-order valence-electron chi connectivity index (χ4n) is 3.04. The van der Waals surface area contributed by atoms with E-state index in [1.54, 1.807) is 31.2 Å². The number of hydrogen-bond acceptors (Lipinski definition) is 3. The van der Waals surface area contributed by atoms with Gasteiger partial charge in [-0.05, 0) is 58.8 Å². The summed E-state index contributed by atoms with van der Waals surface area (Å²) in [7, 11) is 3.43. The molecule has 150 valence electrons. The molecule has 3 rings (SSSR count). The SMILES string of the molecule is COc1ccc2cc(CN(C)C(=O)CCNC(=O)c3ccc(Br)cc3)ccc2c1. The normalized spacial score (nSPS) is 10.6. The summed E-state index contributed by atoms with van der Waals surface area (Å²) in [5.74, 6) is 0.622. The highest BCUT2D eigenvalue weighted by Gasteiger charge is 2.11. The van der Waals surface area contributed by atoms with E-state index in [-0.39, 0.29) is 18.2 Å².